The summed E-state index contributed by atoms with van der Waals surface area (Å²) in [6, 6.07) is 0. The van der Waals surface area contributed by atoms with Crippen molar-refractivity contribution in [2.24, 2.45) is 11.8 Å². The van der Waals surface area contributed by atoms with E-state index >= 15 is 0 Å². The lowest BCUT2D eigenvalue weighted by molar-refractivity contribution is 0.412. The first-order chi connectivity index (χ1) is 7.69. The van der Waals surface area contributed by atoms with E-state index in [0.717, 1.165) is 18.9 Å². The molecule has 0 radical (unpaired) electrons. The van der Waals surface area contributed by atoms with Gasteiger partial charge in [-0.1, -0.05) is 45.8 Å². The van der Waals surface area contributed by atoms with Gasteiger partial charge in [0, 0.05) is 29.4 Å². The number of allylic oxidation sites excluding steroid dienone is 2. The Morgan fingerprint density at radius 1 is 1.50 bits per heavy atom. The van der Waals surface area contributed by atoms with Crippen LogP contribution in [-0.2, 0) is 0 Å². The molecule has 0 saturated carbocycles. The van der Waals surface area contributed by atoms with Gasteiger partial charge in [-0.2, -0.15) is 0 Å². The van der Waals surface area contributed by atoms with Crippen LogP contribution in [0.15, 0.2) is 29.0 Å². The summed E-state index contributed by atoms with van der Waals surface area (Å²) in [5.74, 6) is 1.38. The third-order valence-electron chi connectivity index (χ3n) is 3.35. The van der Waals surface area contributed by atoms with Crippen molar-refractivity contribution in [2.75, 3.05) is 6.54 Å². The lowest BCUT2D eigenvalue weighted by Gasteiger charge is -2.21. The van der Waals surface area contributed by atoms with Gasteiger partial charge in [-0.05, 0) is 29.4 Å². The number of hydrogen-bond donors (Lipinski definition) is 1. The molecule has 0 aliphatic heterocycles. The molecule has 0 bridgehead atoms. The van der Waals surface area contributed by atoms with Gasteiger partial charge in [-0.3, -0.25) is 3.53 Å². The molecule has 1 aliphatic carbocycles. The fraction of sp³-hybridized carbons (Fsp3) is 0.643. The average Bonchev–Trinajstić information content (AvgIpc) is 2.29. The molecule has 90 valence electrons. The fourth-order valence-corrected chi connectivity index (χ4v) is 2.56. The van der Waals surface area contributed by atoms with E-state index in [9.17, 15) is 0 Å². The average molecular weight is 331 g/mol. The Hall–Kier alpha value is -0.0500. The molecule has 2 atom stereocenters. The molecule has 2 unspecified atom stereocenters. The molecule has 1 nitrogen and oxygen atoms in total. The highest BCUT2D eigenvalue weighted by Gasteiger charge is 2.15. The zero-order valence-electron chi connectivity index (χ0n) is 10.5. The van der Waals surface area contributed by atoms with E-state index in [0.29, 0.717) is 5.92 Å². The fourth-order valence-electron chi connectivity index (χ4n) is 2.10. The number of nitrogens with one attached hydrogen (secondary N) is 1. The van der Waals surface area contributed by atoms with Crippen LogP contribution in [0.4, 0.5) is 0 Å². The first kappa shape index (κ1) is 14.0. The molecule has 0 aromatic rings. The highest BCUT2D eigenvalue weighted by Crippen LogP contribution is 2.26. The lowest BCUT2D eigenvalue weighted by Crippen LogP contribution is -2.11. The van der Waals surface area contributed by atoms with Crippen LogP contribution in [0.1, 0.15) is 40.0 Å². The lowest BCUT2D eigenvalue weighted by atomic mass is 9.84. The predicted molar refractivity (Wildman–Crippen MR) is 79.6 cm³/mol. The normalized spacial score (nSPS) is 19.0. The zero-order chi connectivity index (χ0) is 12.0. The van der Waals surface area contributed by atoms with Crippen molar-refractivity contribution in [3.63, 3.8) is 0 Å². The topological polar surface area (TPSA) is 12.0 Å². The SMILES string of the molecule is CCCC(C)C(C)C1=C=C(CNI)CC=C1. The van der Waals surface area contributed by atoms with Gasteiger partial charge < -0.3 is 0 Å². The molecule has 0 aromatic carbocycles. The van der Waals surface area contributed by atoms with E-state index in [1.165, 1.54) is 24.0 Å². The number of halogens is 1. The van der Waals surface area contributed by atoms with Gasteiger partial charge in [0.1, 0.15) is 0 Å². The van der Waals surface area contributed by atoms with E-state index < -0.39 is 0 Å². The van der Waals surface area contributed by atoms with E-state index in [2.05, 4.69) is 65.0 Å². The van der Waals surface area contributed by atoms with Crippen molar-refractivity contribution in [1.29, 1.82) is 0 Å². The van der Waals surface area contributed by atoms with Crippen molar-refractivity contribution in [1.82, 2.24) is 3.53 Å². The summed E-state index contributed by atoms with van der Waals surface area (Å²) < 4.78 is 3.17. The third kappa shape index (κ3) is 4.08. The Morgan fingerprint density at radius 2 is 2.25 bits per heavy atom. The second-order valence-corrected chi connectivity index (χ2v) is 5.42. The van der Waals surface area contributed by atoms with Crippen molar-refractivity contribution in [3.05, 3.63) is 29.0 Å². The molecule has 0 fully saturated rings. The van der Waals surface area contributed by atoms with Crippen molar-refractivity contribution in [2.45, 2.75) is 40.0 Å². The largest absolute Gasteiger partial charge is 0.256 e. The van der Waals surface area contributed by atoms with Gasteiger partial charge in [-0.15, -0.1) is 5.73 Å². The highest BCUT2D eigenvalue weighted by molar-refractivity contribution is 14.1. The zero-order valence-corrected chi connectivity index (χ0v) is 12.7. The van der Waals surface area contributed by atoms with Crippen molar-refractivity contribution >= 4 is 22.9 Å². The number of rotatable bonds is 6. The standard InChI is InChI=1S/C14H22IN/c1-4-6-11(2)12(3)14-8-5-7-13(9-14)10-16-15/h5,8,11-12,16H,4,6-7,10H2,1-3H3. The van der Waals surface area contributed by atoms with Crippen LogP contribution in [0.2, 0.25) is 0 Å². The molecular formula is C14H22IN. The summed E-state index contributed by atoms with van der Waals surface area (Å²) in [5, 5.41) is 0. The van der Waals surface area contributed by atoms with E-state index in [1.807, 2.05) is 0 Å². The summed E-state index contributed by atoms with van der Waals surface area (Å²) >= 11 is 2.20. The van der Waals surface area contributed by atoms with Gasteiger partial charge in [0.15, 0.2) is 0 Å². The molecule has 0 heterocycles. The van der Waals surface area contributed by atoms with E-state index in [-0.39, 0.29) is 0 Å². The maximum atomic E-state index is 3.57. The van der Waals surface area contributed by atoms with Crippen LogP contribution in [0.5, 0.6) is 0 Å². The molecule has 2 heteroatoms. The molecule has 0 saturated heterocycles. The van der Waals surface area contributed by atoms with Crippen molar-refractivity contribution < 1.29 is 0 Å². The second-order valence-electron chi connectivity index (χ2n) is 4.66. The summed E-state index contributed by atoms with van der Waals surface area (Å²) in [6.45, 7) is 7.88. The maximum Gasteiger partial charge on any atom is 0.0339 e. The van der Waals surface area contributed by atoms with Gasteiger partial charge in [-0.25, -0.2) is 0 Å². The van der Waals surface area contributed by atoms with E-state index in [1.54, 1.807) is 0 Å². The van der Waals surface area contributed by atoms with Crippen LogP contribution < -0.4 is 3.53 Å². The molecule has 1 rings (SSSR count). The molecule has 1 N–H and O–H groups in total. The summed E-state index contributed by atoms with van der Waals surface area (Å²) in [6.07, 6.45) is 8.15. The van der Waals surface area contributed by atoms with Crippen LogP contribution in [0, 0.1) is 11.8 Å². The van der Waals surface area contributed by atoms with Gasteiger partial charge in [0.05, 0.1) is 0 Å². The molecule has 0 amide bonds. The third-order valence-corrected chi connectivity index (χ3v) is 3.73. The number of hydrogen-bond acceptors (Lipinski definition) is 1. The summed E-state index contributed by atoms with van der Waals surface area (Å²) in [7, 11) is 0. The Morgan fingerprint density at radius 3 is 2.88 bits per heavy atom. The van der Waals surface area contributed by atoms with Crippen LogP contribution in [0.3, 0.4) is 0 Å². The van der Waals surface area contributed by atoms with Crippen molar-refractivity contribution in [3.8, 4) is 0 Å². The first-order valence-electron chi connectivity index (χ1n) is 6.17. The Bertz CT molecular complexity index is 311. The Kier molecular flexibility index (Phi) is 6.40. The molecule has 16 heavy (non-hydrogen) atoms. The smallest absolute Gasteiger partial charge is 0.0339 e. The van der Waals surface area contributed by atoms with Crippen LogP contribution in [-0.4, -0.2) is 6.54 Å². The van der Waals surface area contributed by atoms with Crippen LogP contribution >= 0.6 is 22.9 Å². The van der Waals surface area contributed by atoms with E-state index in [4.69, 9.17) is 0 Å². The van der Waals surface area contributed by atoms with Crippen LogP contribution in [0.25, 0.3) is 0 Å². The Labute approximate surface area is 114 Å². The minimum absolute atomic E-state index is 0.626. The van der Waals surface area contributed by atoms with Gasteiger partial charge >= 0.3 is 0 Å². The summed E-state index contributed by atoms with van der Waals surface area (Å²) in [5.41, 5.74) is 6.33. The monoisotopic (exact) mass is 331 g/mol. The Balaban J connectivity index is 2.77. The van der Waals surface area contributed by atoms with Gasteiger partial charge in [0.2, 0.25) is 0 Å². The minimum atomic E-state index is 0.626. The van der Waals surface area contributed by atoms with Gasteiger partial charge in [0.25, 0.3) is 0 Å². The molecule has 0 aromatic heterocycles. The quantitative estimate of drug-likeness (QED) is 0.432. The second kappa shape index (κ2) is 7.31. The highest BCUT2D eigenvalue weighted by atomic mass is 127. The predicted octanol–water partition coefficient (Wildman–Crippen LogP) is 4.41. The minimum Gasteiger partial charge on any atom is -0.256 e. The first-order valence-corrected chi connectivity index (χ1v) is 7.25. The summed E-state index contributed by atoms with van der Waals surface area (Å²) in [4.78, 5) is 0. The molecular weight excluding hydrogens is 309 g/mol. The molecule has 0 spiro atoms. The molecule has 1 aliphatic rings. The maximum absolute atomic E-state index is 3.57.